The molecule has 2 aromatic rings. The number of hydrogen-bond acceptors (Lipinski definition) is 4. The standard InChI is InChI=1S/C18H17F4N3O3S/c19-12-1-4-17(16(22)9-12)23-18(26)11-24-5-7-25(8-6-24)29(27,28)13-2-3-14(20)15(21)10-13/h1-4,9-10H,5-8,11H2,(H,23,26). The van der Waals surface area contributed by atoms with Crippen LogP contribution in [0.5, 0.6) is 0 Å². The lowest BCUT2D eigenvalue weighted by Gasteiger charge is -2.33. The molecule has 1 heterocycles. The van der Waals surface area contributed by atoms with Crippen LogP contribution in [0.3, 0.4) is 0 Å². The van der Waals surface area contributed by atoms with E-state index in [9.17, 15) is 30.8 Å². The fraction of sp³-hybridized carbons (Fsp3) is 0.278. The predicted molar refractivity (Wildman–Crippen MR) is 96.5 cm³/mol. The van der Waals surface area contributed by atoms with Crippen molar-refractivity contribution >= 4 is 21.6 Å². The van der Waals surface area contributed by atoms with Crippen molar-refractivity contribution in [3.8, 4) is 0 Å². The van der Waals surface area contributed by atoms with Gasteiger partial charge in [0.2, 0.25) is 15.9 Å². The molecule has 1 fully saturated rings. The van der Waals surface area contributed by atoms with E-state index in [1.165, 1.54) is 0 Å². The van der Waals surface area contributed by atoms with Gasteiger partial charge in [-0.25, -0.2) is 26.0 Å². The zero-order valence-electron chi connectivity index (χ0n) is 15.0. The third-order valence-electron chi connectivity index (χ3n) is 4.43. The van der Waals surface area contributed by atoms with Crippen molar-refractivity contribution in [2.45, 2.75) is 4.90 Å². The van der Waals surface area contributed by atoms with Crippen LogP contribution in [0.4, 0.5) is 23.2 Å². The number of nitrogens with zero attached hydrogens (tertiary/aromatic N) is 2. The summed E-state index contributed by atoms with van der Waals surface area (Å²) in [5.41, 5.74) is -0.157. The summed E-state index contributed by atoms with van der Waals surface area (Å²) in [4.78, 5) is 13.4. The van der Waals surface area contributed by atoms with Gasteiger partial charge in [0.15, 0.2) is 11.6 Å². The third kappa shape index (κ3) is 4.92. The SMILES string of the molecule is O=C(CN1CCN(S(=O)(=O)c2ccc(F)c(F)c2)CC1)Nc1ccc(F)cc1F. The number of halogens is 4. The minimum absolute atomic E-state index is 0.0412. The number of nitrogens with one attached hydrogen (secondary N) is 1. The van der Waals surface area contributed by atoms with Gasteiger partial charge in [0.1, 0.15) is 11.6 Å². The van der Waals surface area contributed by atoms with Crippen molar-refractivity contribution < 1.29 is 30.8 Å². The molecule has 0 aliphatic carbocycles. The number of rotatable bonds is 5. The van der Waals surface area contributed by atoms with E-state index in [1.54, 1.807) is 4.90 Å². The molecule has 0 aromatic heterocycles. The topological polar surface area (TPSA) is 69.7 Å². The Bertz CT molecular complexity index is 1030. The Morgan fingerprint density at radius 1 is 0.897 bits per heavy atom. The first-order valence-corrected chi connectivity index (χ1v) is 10.0. The average Bonchev–Trinajstić information content (AvgIpc) is 2.66. The van der Waals surface area contributed by atoms with Crippen molar-refractivity contribution in [2.24, 2.45) is 0 Å². The van der Waals surface area contributed by atoms with Gasteiger partial charge in [0.05, 0.1) is 17.1 Å². The molecule has 1 saturated heterocycles. The number of benzene rings is 2. The average molecular weight is 431 g/mol. The number of hydrogen-bond donors (Lipinski definition) is 1. The molecule has 0 bridgehead atoms. The van der Waals surface area contributed by atoms with Crippen molar-refractivity contribution in [3.63, 3.8) is 0 Å². The predicted octanol–water partition coefficient (Wildman–Crippen LogP) is 2.19. The molecule has 29 heavy (non-hydrogen) atoms. The Hall–Kier alpha value is -2.50. The highest BCUT2D eigenvalue weighted by Crippen LogP contribution is 2.20. The van der Waals surface area contributed by atoms with E-state index in [-0.39, 0.29) is 43.3 Å². The van der Waals surface area contributed by atoms with Crippen LogP contribution < -0.4 is 5.32 Å². The van der Waals surface area contributed by atoms with Crippen LogP contribution in [0.2, 0.25) is 0 Å². The number of amides is 1. The molecule has 1 amide bonds. The normalized spacial score (nSPS) is 16.0. The summed E-state index contributed by atoms with van der Waals surface area (Å²) in [6.45, 7) is 0.388. The highest BCUT2D eigenvalue weighted by molar-refractivity contribution is 7.89. The third-order valence-corrected chi connectivity index (χ3v) is 6.33. The second-order valence-corrected chi connectivity index (χ2v) is 8.37. The number of carbonyl (C=O) groups excluding carboxylic acids is 1. The maximum absolute atomic E-state index is 13.6. The monoisotopic (exact) mass is 431 g/mol. The van der Waals surface area contributed by atoms with Crippen molar-refractivity contribution in [1.29, 1.82) is 0 Å². The summed E-state index contributed by atoms with van der Waals surface area (Å²) in [6, 6.07) is 5.14. The maximum Gasteiger partial charge on any atom is 0.243 e. The summed E-state index contributed by atoms with van der Waals surface area (Å²) >= 11 is 0. The van der Waals surface area contributed by atoms with Gasteiger partial charge in [-0.15, -0.1) is 0 Å². The minimum Gasteiger partial charge on any atom is -0.322 e. The molecule has 11 heteroatoms. The molecule has 1 aliphatic rings. The lowest BCUT2D eigenvalue weighted by Crippen LogP contribution is -2.50. The maximum atomic E-state index is 13.6. The van der Waals surface area contributed by atoms with E-state index in [2.05, 4.69) is 5.32 Å². The summed E-state index contributed by atoms with van der Waals surface area (Å²) in [5, 5.41) is 2.33. The van der Waals surface area contributed by atoms with Crippen LogP contribution in [0.1, 0.15) is 0 Å². The molecule has 0 spiro atoms. The molecule has 3 rings (SSSR count). The van der Waals surface area contributed by atoms with Crippen molar-refractivity contribution in [3.05, 3.63) is 59.7 Å². The van der Waals surface area contributed by atoms with Gasteiger partial charge in [-0.3, -0.25) is 9.69 Å². The quantitative estimate of drug-likeness (QED) is 0.737. The second-order valence-electron chi connectivity index (χ2n) is 6.43. The van der Waals surface area contributed by atoms with Gasteiger partial charge >= 0.3 is 0 Å². The van der Waals surface area contributed by atoms with Crippen LogP contribution in [0, 0.1) is 23.3 Å². The van der Waals surface area contributed by atoms with Crippen molar-refractivity contribution in [2.75, 3.05) is 38.0 Å². The number of piperazine rings is 1. The number of sulfonamides is 1. The number of carbonyl (C=O) groups is 1. The Labute approximate surface area is 164 Å². The highest BCUT2D eigenvalue weighted by Gasteiger charge is 2.29. The van der Waals surface area contributed by atoms with Crippen LogP contribution in [0.15, 0.2) is 41.3 Å². The Morgan fingerprint density at radius 2 is 1.59 bits per heavy atom. The van der Waals surface area contributed by atoms with Crippen LogP contribution in [0.25, 0.3) is 0 Å². The zero-order chi connectivity index (χ0) is 21.2. The summed E-state index contributed by atoms with van der Waals surface area (Å²) in [7, 11) is -4.00. The van der Waals surface area contributed by atoms with E-state index in [1.807, 2.05) is 0 Å². The first kappa shape index (κ1) is 21.2. The lowest BCUT2D eigenvalue weighted by molar-refractivity contribution is -0.117. The largest absolute Gasteiger partial charge is 0.322 e. The fourth-order valence-corrected chi connectivity index (χ4v) is 4.33. The molecule has 0 radical (unpaired) electrons. The first-order chi connectivity index (χ1) is 13.7. The zero-order valence-corrected chi connectivity index (χ0v) is 15.9. The van der Waals surface area contributed by atoms with E-state index >= 15 is 0 Å². The van der Waals surface area contributed by atoms with Gasteiger partial charge in [-0.1, -0.05) is 0 Å². The van der Waals surface area contributed by atoms with Gasteiger partial charge in [-0.05, 0) is 30.3 Å². The molecular weight excluding hydrogens is 414 g/mol. The summed E-state index contributed by atoms with van der Waals surface area (Å²) in [5.74, 6) is -4.60. The second kappa shape index (κ2) is 8.47. The molecule has 156 valence electrons. The molecular formula is C18H17F4N3O3S. The molecule has 2 aromatic carbocycles. The lowest BCUT2D eigenvalue weighted by atomic mass is 10.3. The molecule has 0 saturated carbocycles. The number of anilines is 1. The van der Waals surface area contributed by atoms with Crippen LogP contribution in [-0.2, 0) is 14.8 Å². The summed E-state index contributed by atoms with van der Waals surface area (Å²) < 4.78 is 79.1. The van der Waals surface area contributed by atoms with E-state index in [0.717, 1.165) is 28.6 Å². The first-order valence-electron chi connectivity index (χ1n) is 8.59. The van der Waals surface area contributed by atoms with Crippen LogP contribution in [-0.4, -0.2) is 56.3 Å². The molecule has 0 unspecified atom stereocenters. The van der Waals surface area contributed by atoms with Crippen LogP contribution >= 0.6 is 0 Å². The molecule has 1 aliphatic heterocycles. The Kier molecular flexibility index (Phi) is 6.20. The minimum atomic E-state index is -4.00. The molecule has 6 nitrogen and oxygen atoms in total. The molecule has 1 N–H and O–H groups in total. The van der Waals surface area contributed by atoms with Crippen molar-refractivity contribution in [1.82, 2.24) is 9.21 Å². The highest BCUT2D eigenvalue weighted by atomic mass is 32.2. The van der Waals surface area contributed by atoms with Gasteiger partial charge in [0.25, 0.3) is 0 Å². The smallest absolute Gasteiger partial charge is 0.243 e. The molecule has 0 atom stereocenters. The Balaban J connectivity index is 1.57. The summed E-state index contributed by atoms with van der Waals surface area (Å²) in [6.07, 6.45) is 0. The Morgan fingerprint density at radius 3 is 2.21 bits per heavy atom. The van der Waals surface area contributed by atoms with E-state index in [4.69, 9.17) is 0 Å². The fourth-order valence-electron chi connectivity index (χ4n) is 2.90. The van der Waals surface area contributed by atoms with E-state index in [0.29, 0.717) is 12.1 Å². The van der Waals surface area contributed by atoms with Gasteiger partial charge < -0.3 is 5.32 Å². The van der Waals surface area contributed by atoms with Gasteiger partial charge in [-0.2, -0.15) is 4.31 Å². The van der Waals surface area contributed by atoms with Gasteiger partial charge in [0, 0.05) is 32.2 Å². The van der Waals surface area contributed by atoms with E-state index < -0.39 is 39.2 Å².